The number of nitrogens with one attached hydrogen (secondary N) is 1. The van der Waals surface area contributed by atoms with Crippen LogP contribution in [-0.4, -0.2) is 36.2 Å². The van der Waals surface area contributed by atoms with Crippen LogP contribution < -0.4 is 5.32 Å². The predicted octanol–water partition coefficient (Wildman–Crippen LogP) is 5.35. The van der Waals surface area contributed by atoms with Gasteiger partial charge in [-0.25, -0.2) is 0 Å². The summed E-state index contributed by atoms with van der Waals surface area (Å²) < 4.78 is 0. The monoisotopic (exact) mass is 416 g/mol. The van der Waals surface area contributed by atoms with Gasteiger partial charge in [-0.2, -0.15) is 0 Å². The second-order valence-electron chi connectivity index (χ2n) is 9.29. The van der Waals surface area contributed by atoms with Crippen LogP contribution in [0.3, 0.4) is 0 Å². The van der Waals surface area contributed by atoms with Gasteiger partial charge in [-0.05, 0) is 34.4 Å². The molecule has 1 saturated heterocycles. The van der Waals surface area contributed by atoms with Gasteiger partial charge in [0.05, 0.1) is 0 Å². The molecule has 1 aromatic carbocycles. The van der Waals surface area contributed by atoms with Crippen LogP contribution in [0.1, 0.15) is 70.7 Å². The summed E-state index contributed by atoms with van der Waals surface area (Å²) in [6, 6.07) is 4.60. The summed E-state index contributed by atoms with van der Waals surface area (Å²) in [5, 5.41) is 14.6. The molecule has 1 fully saturated rings. The van der Waals surface area contributed by atoms with E-state index in [0.29, 0.717) is 5.75 Å². The highest BCUT2D eigenvalue weighted by molar-refractivity contribution is 5.85. The van der Waals surface area contributed by atoms with Gasteiger partial charge in [0, 0.05) is 37.8 Å². The molecule has 0 unspecified atom stereocenters. The van der Waals surface area contributed by atoms with E-state index < -0.39 is 0 Å². The first kappa shape index (κ1) is 26.3. The lowest BCUT2D eigenvalue weighted by atomic mass is 9.77. The Hall–Kier alpha value is -0.740. The predicted molar refractivity (Wildman–Crippen MR) is 122 cm³/mol. The maximum atomic E-state index is 11.2. The van der Waals surface area contributed by atoms with Gasteiger partial charge in [-0.15, -0.1) is 31.4 Å². The van der Waals surface area contributed by atoms with Crippen molar-refractivity contribution in [3.05, 3.63) is 41.5 Å². The molecule has 0 radical (unpaired) electrons. The van der Waals surface area contributed by atoms with Crippen LogP contribution in [0.4, 0.5) is 0 Å². The Morgan fingerprint density at radius 3 is 2.07 bits per heavy atom. The number of halogens is 2. The van der Waals surface area contributed by atoms with E-state index in [9.17, 15) is 5.11 Å². The Bertz CT molecular complexity index is 612. The summed E-state index contributed by atoms with van der Waals surface area (Å²) in [6.45, 7) is 21.2. The maximum absolute atomic E-state index is 11.2. The highest BCUT2D eigenvalue weighted by Gasteiger charge is 2.30. The third-order valence-corrected chi connectivity index (χ3v) is 5.15. The molecule has 0 aromatic heterocycles. The van der Waals surface area contributed by atoms with Gasteiger partial charge in [0.1, 0.15) is 5.75 Å². The van der Waals surface area contributed by atoms with E-state index in [-0.39, 0.29) is 41.7 Å². The van der Waals surface area contributed by atoms with Crippen LogP contribution in [0.15, 0.2) is 24.8 Å². The first-order valence-electron chi connectivity index (χ1n) is 9.49. The standard InChI is InChI=1S/C22H36N2O.2ClH/c1-8-9-19(24-12-10-23-11-13-24)17-14-16(21(2,3)4)15-18(20(17)25)22(5,6)7;;/h8,14-15,19,23,25H,1,9-13H2,2-7H3;2*1H/t19-;;/m1../s1. The van der Waals surface area contributed by atoms with Crippen LogP contribution in [0.5, 0.6) is 5.75 Å². The first-order chi connectivity index (χ1) is 11.6. The minimum absolute atomic E-state index is 0. The van der Waals surface area contributed by atoms with Gasteiger partial charge >= 0.3 is 0 Å². The highest BCUT2D eigenvalue weighted by atomic mass is 35.5. The Labute approximate surface area is 178 Å². The molecule has 5 heteroatoms. The van der Waals surface area contributed by atoms with Crippen molar-refractivity contribution < 1.29 is 5.11 Å². The van der Waals surface area contributed by atoms with Crippen molar-refractivity contribution in [3.63, 3.8) is 0 Å². The molecule has 0 spiro atoms. The maximum Gasteiger partial charge on any atom is 0.124 e. The summed E-state index contributed by atoms with van der Waals surface area (Å²) >= 11 is 0. The lowest BCUT2D eigenvalue weighted by Gasteiger charge is -2.37. The van der Waals surface area contributed by atoms with Gasteiger partial charge in [0.25, 0.3) is 0 Å². The number of rotatable bonds is 4. The van der Waals surface area contributed by atoms with Crippen LogP contribution >= 0.6 is 24.8 Å². The van der Waals surface area contributed by atoms with Gasteiger partial charge < -0.3 is 10.4 Å². The second-order valence-corrected chi connectivity index (χ2v) is 9.29. The van der Waals surface area contributed by atoms with E-state index in [1.54, 1.807) is 0 Å². The molecule has 0 aliphatic carbocycles. The summed E-state index contributed by atoms with van der Waals surface area (Å²) in [7, 11) is 0. The molecule has 1 atom stereocenters. The molecule has 3 nitrogen and oxygen atoms in total. The number of nitrogens with zero attached hydrogens (tertiary/aromatic N) is 1. The third kappa shape index (κ3) is 6.39. The topological polar surface area (TPSA) is 35.5 Å². The SMILES string of the molecule is C=CC[C@H](c1cc(C(C)(C)C)cc(C(C)(C)C)c1O)N1CCNCC1.Cl.Cl. The van der Waals surface area contributed by atoms with Crippen molar-refractivity contribution in [2.24, 2.45) is 0 Å². The average Bonchev–Trinajstić information content (AvgIpc) is 2.52. The number of hydrogen-bond acceptors (Lipinski definition) is 3. The molecule has 0 saturated carbocycles. The fourth-order valence-corrected chi connectivity index (χ4v) is 3.54. The average molecular weight is 417 g/mol. The summed E-state index contributed by atoms with van der Waals surface area (Å²) in [5.74, 6) is 0.464. The van der Waals surface area contributed by atoms with Crippen LogP contribution in [-0.2, 0) is 10.8 Å². The van der Waals surface area contributed by atoms with E-state index >= 15 is 0 Å². The number of piperazine rings is 1. The summed E-state index contributed by atoms with van der Waals surface area (Å²) in [4.78, 5) is 2.48. The fraction of sp³-hybridized carbons (Fsp3) is 0.636. The fourth-order valence-electron chi connectivity index (χ4n) is 3.54. The molecule has 1 aliphatic heterocycles. The Morgan fingerprint density at radius 1 is 1.07 bits per heavy atom. The Balaban J connectivity index is 0.00000338. The molecule has 1 heterocycles. The Kier molecular flexibility index (Phi) is 9.88. The Morgan fingerprint density at radius 2 is 1.63 bits per heavy atom. The molecule has 156 valence electrons. The zero-order valence-corrected chi connectivity index (χ0v) is 19.4. The van der Waals surface area contributed by atoms with Crippen molar-refractivity contribution in [3.8, 4) is 5.75 Å². The van der Waals surface area contributed by atoms with E-state index in [0.717, 1.165) is 43.7 Å². The summed E-state index contributed by atoms with van der Waals surface area (Å²) in [6.07, 6.45) is 2.83. The quantitative estimate of drug-likeness (QED) is 0.648. The van der Waals surface area contributed by atoms with E-state index in [1.165, 1.54) is 5.56 Å². The number of phenols is 1. The molecule has 1 aromatic rings. The molecule has 2 N–H and O–H groups in total. The van der Waals surface area contributed by atoms with Crippen LogP contribution in [0, 0.1) is 0 Å². The number of phenolic OH excluding ortho intramolecular Hbond substituents is 1. The number of benzene rings is 1. The second kappa shape index (κ2) is 10.2. The molecular weight excluding hydrogens is 379 g/mol. The zero-order chi connectivity index (χ0) is 18.8. The molecular formula is C22H38Cl2N2O. The molecule has 1 aliphatic rings. The molecule has 2 rings (SSSR count). The van der Waals surface area contributed by atoms with Crippen molar-refractivity contribution in [2.75, 3.05) is 26.2 Å². The van der Waals surface area contributed by atoms with Crippen LogP contribution in [0.25, 0.3) is 0 Å². The molecule has 0 amide bonds. The first-order valence-corrected chi connectivity index (χ1v) is 9.49. The lowest BCUT2D eigenvalue weighted by molar-refractivity contribution is 0.171. The van der Waals surface area contributed by atoms with E-state index in [2.05, 4.69) is 70.5 Å². The normalized spacial score (nSPS) is 16.8. The van der Waals surface area contributed by atoms with E-state index in [4.69, 9.17) is 0 Å². The lowest BCUT2D eigenvalue weighted by Crippen LogP contribution is -2.45. The van der Waals surface area contributed by atoms with Crippen molar-refractivity contribution in [1.29, 1.82) is 0 Å². The zero-order valence-electron chi connectivity index (χ0n) is 17.8. The molecule has 27 heavy (non-hydrogen) atoms. The van der Waals surface area contributed by atoms with Gasteiger partial charge in [0.15, 0.2) is 0 Å². The van der Waals surface area contributed by atoms with Gasteiger partial charge in [-0.3, -0.25) is 4.90 Å². The number of aromatic hydroxyl groups is 1. The van der Waals surface area contributed by atoms with Crippen LogP contribution in [0.2, 0.25) is 0 Å². The molecule has 0 bridgehead atoms. The summed E-state index contributed by atoms with van der Waals surface area (Å²) in [5.41, 5.74) is 3.33. The van der Waals surface area contributed by atoms with E-state index in [1.807, 2.05) is 6.08 Å². The number of hydrogen-bond donors (Lipinski definition) is 2. The minimum Gasteiger partial charge on any atom is -0.507 e. The van der Waals surface area contributed by atoms with Crippen molar-refractivity contribution in [1.82, 2.24) is 10.2 Å². The van der Waals surface area contributed by atoms with Gasteiger partial charge in [-0.1, -0.05) is 53.7 Å². The van der Waals surface area contributed by atoms with Gasteiger partial charge in [0.2, 0.25) is 0 Å². The minimum atomic E-state index is -0.0950. The van der Waals surface area contributed by atoms with Crippen molar-refractivity contribution in [2.45, 2.75) is 64.8 Å². The van der Waals surface area contributed by atoms with Crippen molar-refractivity contribution >= 4 is 24.8 Å². The highest BCUT2D eigenvalue weighted by Crippen LogP contribution is 2.42. The smallest absolute Gasteiger partial charge is 0.124 e. The third-order valence-electron chi connectivity index (χ3n) is 5.15. The largest absolute Gasteiger partial charge is 0.507 e.